The van der Waals surface area contributed by atoms with Gasteiger partial charge in [-0.3, -0.25) is 9.78 Å². The summed E-state index contributed by atoms with van der Waals surface area (Å²) in [7, 11) is 0. The van der Waals surface area contributed by atoms with Gasteiger partial charge in [0.05, 0.1) is 23.0 Å². The predicted octanol–water partition coefficient (Wildman–Crippen LogP) is 3.70. The highest BCUT2D eigenvalue weighted by Crippen LogP contribution is 2.28. The number of fused-ring (bicyclic) bond motifs is 2. The van der Waals surface area contributed by atoms with Crippen molar-refractivity contribution in [2.45, 2.75) is 17.9 Å². The van der Waals surface area contributed by atoms with Crippen molar-refractivity contribution in [3.8, 4) is 0 Å². The standard InChI is InChI=1S/C19H17N3OS/c23-19(22-11-5-7-14-6-1-4-10-17(14)22)13-24-18-12-20-15-8-2-3-9-16(15)21-18/h1-4,6,8-10,12H,5,7,11,13H2. The van der Waals surface area contributed by atoms with Gasteiger partial charge in [0.1, 0.15) is 5.03 Å². The number of anilines is 1. The van der Waals surface area contributed by atoms with Crippen LogP contribution in [0.15, 0.2) is 59.8 Å². The predicted molar refractivity (Wildman–Crippen MR) is 97.4 cm³/mol. The molecule has 1 aliphatic rings. The molecule has 1 aliphatic heterocycles. The normalized spacial score (nSPS) is 13.8. The third-order valence-corrected chi connectivity index (χ3v) is 5.07. The zero-order chi connectivity index (χ0) is 16.4. The summed E-state index contributed by atoms with van der Waals surface area (Å²) in [5.74, 6) is 0.503. The van der Waals surface area contributed by atoms with Gasteiger partial charge in [0, 0.05) is 12.2 Å². The van der Waals surface area contributed by atoms with Crippen LogP contribution in [0.4, 0.5) is 5.69 Å². The zero-order valence-corrected chi connectivity index (χ0v) is 14.0. The van der Waals surface area contributed by atoms with Gasteiger partial charge in [0.2, 0.25) is 5.91 Å². The van der Waals surface area contributed by atoms with Crippen LogP contribution in [-0.2, 0) is 11.2 Å². The van der Waals surface area contributed by atoms with Crippen molar-refractivity contribution < 1.29 is 4.79 Å². The molecular formula is C19H17N3OS. The van der Waals surface area contributed by atoms with E-state index in [1.54, 1.807) is 6.20 Å². The van der Waals surface area contributed by atoms with Crippen LogP contribution in [0.5, 0.6) is 0 Å². The molecule has 0 fully saturated rings. The number of hydrogen-bond acceptors (Lipinski definition) is 4. The quantitative estimate of drug-likeness (QED) is 0.685. The molecule has 0 bridgehead atoms. The molecule has 0 spiro atoms. The van der Waals surface area contributed by atoms with Gasteiger partial charge in [0.15, 0.2) is 0 Å². The second kappa shape index (κ2) is 6.61. The maximum Gasteiger partial charge on any atom is 0.237 e. The number of rotatable bonds is 3. The average Bonchev–Trinajstić information content (AvgIpc) is 2.65. The van der Waals surface area contributed by atoms with Gasteiger partial charge in [-0.25, -0.2) is 4.98 Å². The molecular weight excluding hydrogens is 318 g/mol. The second-order valence-electron chi connectivity index (χ2n) is 5.76. The Balaban J connectivity index is 1.48. The largest absolute Gasteiger partial charge is 0.311 e. The van der Waals surface area contributed by atoms with Crippen molar-refractivity contribution in [1.82, 2.24) is 9.97 Å². The lowest BCUT2D eigenvalue weighted by Gasteiger charge is -2.29. The lowest BCUT2D eigenvalue weighted by atomic mass is 10.0. The lowest BCUT2D eigenvalue weighted by Crippen LogP contribution is -2.36. The Morgan fingerprint density at radius 2 is 1.88 bits per heavy atom. The summed E-state index contributed by atoms with van der Waals surface area (Å²) in [4.78, 5) is 23.5. The van der Waals surface area contributed by atoms with Crippen LogP contribution in [-0.4, -0.2) is 28.2 Å². The Hall–Kier alpha value is -2.40. The minimum atomic E-state index is 0.127. The van der Waals surface area contributed by atoms with Crippen LogP contribution in [0.1, 0.15) is 12.0 Å². The minimum Gasteiger partial charge on any atom is -0.311 e. The molecule has 120 valence electrons. The van der Waals surface area contributed by atoms with Crippen molar-refractivity contribution in [2.75, 3.05) is 17.2 Å². The first-order valence-electron chi connectivity index (χ1n) is 8.04. The summed E-state index contributed by atoms with van der Waals surface area (Å²) in [6.07, 6.45) is 3.80. The third kappa shape index (κ3) is 2.99. The summed E-state index contributed by atoms with van der Waals surface area (Å²) in [5.41, 5.74) is 4.04. The van der Waals surface area contributed by atoms with Crippen LogP contribution < -0.4 is 4.90 Å². The monoisotopic (exact) mass is 335 g/mol. The number of aromatic nitrogens is 2. The zero-order valence-electron chi connectivity index (χ0n) is 13.2. The third-order valence-electron chi connectivity index (χ3n) is 4.18. The number of thioether (sulfide) groups is 1. The van der Waals surface area contributed by atoms with E-state index in [9.17, 15) is 4.79 Å². The van der Waals surface area contributed by atoms with Crippen molar-refractivity contribution in [3.05, 3.63) is 60.3 Å². The fourth-order valence-electron chi connectivity index (χ4n) is 3.02. The van der Waals surface area contributed by atoms with E-state index in [2.05, 4.69) is 16.0 Å². The van der Waals surface area contributed by atoms with E-state index in [0.717, 1.165) is 41.1 Å². The maximum atomic E-state index is 12.7. The van der Waals surface area contributed by atoms with Gasteiger partial charge in [-0.15, -0.1) is 0 Å². The van der Waals surface area contributed by atoms with Gasteiger partial charge in [-0.2, -0.15) is 0 Å². The van der Waals surface area contributed by atoms with E-state index in [0.29, 0.717) is 5.75 Å². The molecule has 1 amide bonds. The minimum absolute atomic E-state index is 0.127. The Kier molecular flexibility index (Phi) is 4.17. The van der Waals surface area contributed by atoms with Crippen molar-refractivity contribution in [3.63, 3.8) is 0 Å². The fraction of sp³-hybridized carbons (Fsp3) is 0.211. The Bertz CT molecular complexity index is 896. The molecule has 4 nitrogen and oxygen atoms in total. The van der Waals surface area contributed by atoms with Crippen LogP contribution in [0.3, 0.4) is 0 Å². The highest BCUT2D eigenvalue weighted by atomic mass is 32.2. The van der Waals surface area contributed by atoms with E-state index in [4.69, 9.17) is 0 Å². The summed E-state index contributed by atoms with van der Waals surface area (Å²) < 4.78 is 0. The first kappa shape index (κ1) is 15.1. The van der Waals surface area contributed by atoms with Gasteiger partial charge in [0.25, 0.3) is 0 Å². The molecule has 2 heterocycles. The van der Waals surface area contributed by atoms with Crippen LogP contribution >= 0.6 is 11.8 Å². The molecule has 1 aromatic heterocycles. The number of aryl methyl sites for hydroxylation is 1. The number of hydrogen-bond donors (Lipinski definition) is 0. The molecule has 0 saturated carbocycles. The molecule has 24 heavy (non-hydrogen) atoms. The fourth-order valence-corrected chi connectivity index (χ4v) is 3.73. The smallest absolute Gasteiger partial charge is 0.237 e. The van der Waals surface area contributed by atoms with Gasteiger partial charge in [-0.1, -0.05) is 42.1 Å². The second-order valence-corrected chi connectivity index (χ2v) is 6.76. The molecule has 0 saturated heterocycles. The van der Waals surface area contributed by atoms with Crippen LogP contribution in [0.2, 0.25) is 0 Å². The number of nitrogens with zero attached hydrogens (tertiary/aromatic N) is 3. The van der Waals surface area contributed by atoms with Gasteiger partial charge in [-0.05, 0) is 36.6 Å². The topological polar surface area (TPSA) is 46.1 Å². The van der Waals surface area contributed by atoms with E-state index >= 15 is 0 Å². The summed E-state index contributed by atoms with van der Waals surface area (Å²) in [6, 6.07) is 15.9. The Morgan fingerprint density at radius 3 is 2.79 bits per heavy atom. The Morgan fingerprint density at radius 1 is 1.08 bits per heavy atom. The van der Waals surface area contributed by atoms with Crippen molar-refractivity contribution in [2.24, 2.45) is 0 Å². The molecule has 0 aliphatic carbocycles. The van der Waals surface area contributed by atoms with Crippen molar-refractivity contribution >= 4 is 34.4 Å². The molecule has 0 atom stereocenters. The maximum absolute atomic E-state index is 12.7. The highest BCUT2D eigenvalue weighted by molar-refractivity contribution is 7.99. The van der Waals surface area contributed by atoms with E-state index < -0.39 is 0 Å². The molecule has 0 radical (unpaired) electrons. The highest BCUT2D eigenvalue weighted by Gasteiger charge is 2.22. The number of benzene rings is 2. The van der Waals surface area contributed by atoms with E-state index in [-0.39, 0.29) is 5.91 Å². The molecule has 3 aromatic rings. The lowest BCUT2D eigenvalue weighted by molar-refractivity contribution is -0.116. The summed E-state index contributed by atoms with van der Waals surface area (Å²) in [5, 5.41) is 0.785. The van der Waals surface area contributed by atoms with Gasteiger partial charge >= 0.3 is 0 Å². The van der Waals surface area contributed by atoms with E-state index in [1.165, 1.54) is 17.3 Å². The number of para-hydroxylation sites is 3. The molecule has 4 rings (SSSR count). The number of amides is 1. The SMILES string of the molecule is O=C(CSc1cnc2ccccc2n1)N1CCCc2ccccc21. The number of carbonyl (C=O) groups is 1. The van der Waals surface area contributed by atoms with E-state index in [1.807, 2.05) is 47.4 Å². The average molecular weight is 335 g/mol. The van der Waals surface area contributed by atoms with Crippen LogP contribution in [0, 0.1) is 0 Å². The molecule has 5 heteroatoms. The van der Waals surface area contributed by atoms with Gasteiger partial charge < -0.3 is 4.90 Å². The summed E-state index contributed by atoms with van der Waals surface area (Å²) in [6.45, 7) is 0.791. The van der Waals surface area contributed by atoms with Crippen LogP contribution in [0.25, 0.3) is 11.0 Å². The molecule has 0 N–H and O–H groups in total. The summed E-state index contributed by atoms with van der Waals surface area (Å²) >= 11 is 1.45. The number of carbonyl (C=O) groups excluding carboxylic acids is 1. The molecule has 0 unspecified atom stereocenters. The molecule has 2 aromatic carbocycles. The van der Waals surface area contributed by atoms with Crippen molar-refractivity contribution in [1.29, 1.82) is 0 Å². The first-order valence-corrected chi connectivity index (χ1v) is 9.03. The first-order chi connectivity index (χ1) is 11.8. The Labute approximate surface area is 144 Å².